The van der Waals surface area contributed by atoms with E-state index >= 15 is 0 Å². The highest BCUT2D eigenvalue weighted by molar-refractivity contribution is 5.91. The first-order valence-corrected chi connectivity index (χ1v) is 9.66. The maximum Gasteiger partial charge on any atom is 0.408 e. The fourth-order valence-corrected chi connectivity index (χ4v) is 4.72. The molecular weight excluding hydrogens is 358 g/mol. The van der Waals surface area contributed by atoms with Gasteiger partial charge in [-0.3, -0.25) is 14.9 Å². The highest BCUT2D eigenvalue weighted by Crippen LogP contribution is 2.47. The van der Waals surface area contributed by atoms with Crippen molar-refractivity contribution in [2.45, 2.75) is 51.6 Å². The van der Waals surface area contributed by atoms with Crippen molar-refractivity contribution in [2.75, 3.05) is 18.0 Å². The van der Waals surface area contributed by atoms with Crippen LogP contribution < -0.4 is 10.4 Å². The molecule has 2 amide bonds. The van der Waals surface area contributed by atoms with Gasteiger partial charge < -0.3 is 10.0 Å². The van der Waals surface area contributed by atoms with E-state index in [-0.39, 0.29) is 17.0 Å². The maximum absolute atomic E-state index is 12.2. The Morgan fingerprint density at radius 2 is 1.96 bits per heavy atom. The molecule has 0 aromatic heterocycles. The number of para-hydroxylation sites is 1. The van der Waals surface area contributed by atoms with E-state index in [0.29, 0.717) is 6.54 Å². The Balaban J connectivity index is 1.87. The summed E-state index contributed by atoms with van der Waals surface area (Å²) in [4.78, 5) is 27.4. The van der Waals surface area contributed by atoms with Crippen LogP contribution in [0.4, 0.5) is 10.5 Å². The third kappa shape index (κ3) is 3.71. The fourth-order valence-electron chi connectivity index (χ4n) is 4.72. The molecule has 0 bridgehead atoms. The van der Waals surface area contributed by atoms with Gasteiger partial charge in [0, 0.05) is 30.9 Å². The average Bonchev–Trinajstić information content (AvgIpc) is 3.24. The van der Waals surface area contributed by atoms with Crippen molar-refractivity contribution in [2.24, 2.45) is 5.41 Å². The van der Waals surface area contributed by atoms with Gasteiger partial charge in [0.1, 0.15) is 0 Å². The first kappa shape index (κ1) is 20.2. The van der Waals surface area contributed by atoms with Crippen LogP contribution in [0, 0.1) is 5.41 Å². The number of carboxylic acid groups (broad SMARTS) is 1. The molecule has 1 aromatic rings. The summed E-state index contributed by atoms with van der Waals surface area (Å²) in [6.07, 6.45) is 4.63. The Kier molecular flexibility index (Phi) is 5.39. The minimum Gasteiger partial charge on any atom is -0.465 e. The van der Waals surface area contributed by atoms with Gasteiger partial charge in [-0.25, -0.2) is 10.3 Å². The van der Waals surface area contributed by atoms with E-state index in [1.54, 1.807) is 16.5 Å². The number of carbonyl (C=O) groups excluding carboxylic acids is 1. The zero-order valence-electron chi connectivity index (χ0n) is 16.7. The molecule has 2 aliphatic rings. The van der Waals surface area contributed by atoms with Crippen LogP contribution in [0.3, 0.4) is 0 Å². The average molecular weight is 387 g/mol. The molecule has 28 heavy (non-hydrogen) atoms. The van der Waals surface area contributed by atoms with Crippen LogP contribution in [0.5, 0.6) is 0 Å². The van der Waals surface area contributed by atoms with Crippen molar-refractivity contribution in [3.05, 3.63) is 35.9 Å². The van der Waals surface area contributed by atoms with Gasteiger partial charge in [0.15, 0.2) is 0 Å². The molecule has 2 aliphatic heterocycles. The first-order valence-electron chi connectivity index (χ1n) is 9.66. The molecule has 3 N–H and O–H groups in total. The lowest BCUT2D eigenvalue weighted by molar-refractivity contribution is -0.124. The van der Waals surface area contributed by atoms with Crippen molar-refractivity contribution in [1.82, 2.24) is 10.4 Å². The molecule has 2 heterocycles. The molecule has 3 rings (SSSR count). The van der Waals surface area contributed by atoms with Crippen molar-refractivity contribution in [3.8, 4) is 0 Å². The van der Waals surface area contributed by atoms with E-state index in [1.807, 2.05) is 24.3 Å². The number of amides is 2. The van der Waals surface area contributed by atoms with Crippen molar-refractivity contribution in [3.63, 3.8) is 0 Å². The molecule has 0 radical (unpaired) electrons. The number of likely N-dealkylation sites (tertiary alicyclic amines) is 1. The molecule has 2 saturated heterocycles. The van der Waals surface area contributed by atoms with Gasteiger partial charge >= 0.3 is 6.09 Å². The molecule has 2 unspecified atom stereocenters. The standard InChI is InChI=1S/C21H29N3O4/c1-20(2,3)17-10-11-21(24(17)19(26)27)12-13-23(14-21)16-7-5-4-6-15(16)8-9-18(25)22-28/h4-9,17,28H,10-14H2,1-3H3,(H,22,25)(H,26,27). The van der Waals surface area contributed by atoms with Gasteiger partial charge in [-0.15, -0.1) is 0 Å². The van der Waals surface area contributed by atoms with E-state index < -0.39 is 12.0 Å². The normalized spacial score (nSPS) is 25.1. The van der Waals surface area contributed by atoms with Gasteiger partial charge in [-0.05, 0) is 42.4 Å². The molecule has 0 saturated carbocycles. The van der Waals surface area contributed by atoms with Crippen LogP contribution in [0.2, 0.25) is 0 Å². The zero-order chi connectivity index (χ0) is 20.5. The Morgan fingerprint density at radius 1 is 1.25 bits per heavy atom. The number of anilines is 1. The highest BCUT2D eigenvalue weighted by Gasteiger charge is 2.55. The monoisotopic (exact) mass is 387 g/mol. The summed E-state index contributed by atoms with van der Waals surface area (Å²) in [5, 5.41) is 18.7. The number of hydroxylamine groups is 1. The number of hydrogen-bond donors (Lipinski definition) is 3. The topological polar surface area (TPSA) is 93.1 Å². The lowest BCUT2D eigenvalue weighted by Crippen LogP contribution is -2.54. The van der Waals surface area contributed by atoms with Crippen LogP contribution in [0.15, 0.2) is 30.3 Å². The van der Waals surface area contributed by atoms with Crippen LogP contribution in [-0.2, 0) is 4.79 Å². The van der Waals surface area contributed by atoms with E-state index in [1.165, 1.54) is 6.08 Å². The SMILES string of the molecule is CC(C)(C)C1CCC2(CCN(c3ccccc3C=CC(=O)NO)C2)N1C(=O)O. The molecule has 7 nitrogen and oxygen atoms in total. The van der Waals surface area contributed by atoms with E-state index in [9.17, 15) is 14.7 Å². The second-order valence-corrected chi connectivity index (χ2v) is 8.84. The second kappa shape index (κ2) is 7.47. The minimum absolute atomic E-state index is 0.00772. The third-order valence-electron chi connectivity index (χ3n) is 6.05. The summed E-state index contributed by atoms with van der Waals surface area (Å²) in [5.74, 6) is -0.589. The second-order valence-electron chi connectivity index (χ2n) is 8.84. The summed E-state index contributed by atoms with van der Waals surface area (Å²) in [6.45, 7) is 7.71. The summed E-state index contributed by atoms with van der Waals surface area (Å²) in [7, 11) is 0. The van der Waals surface area contributed by atoms with Crippen LogP contribution in [0.1, 0.15) is 45.6 Å². The molecule has 7 heteroatoms. The van der Waals surface area contributed by atoms with E-state index in [4.69, 9.17) is 5.21 Å². The maximum atomic E-state index is 12.2. The Hall–Kier alpha value is -2.54. The molecule has 2 atom stereocenters. The summed E-state index contributed by atoms with van der Waals surface area (Å²) in [5.41, 5.74) is 2.93. The fraction of sp³-hybridized carbons (Fsp3) is 0.524. The summed E-state index contributed by atoms with van der Waals surface area (Å²) < 4.78 is 0. The molecule has 1 spiro atoms. The van der Waals surface area contributed by atoms with E-state index in [0.717, 1.165) is 37.1 Å². The van der Waals surface area contributed by atoms with Crippen molar-refractivity contribution < 1.29 is 19.9 Å². The third-order valence-corrected chi connectivity index (χ3v) is 6.05. The molecular formula is C21H29N3O4. The predicted octanol–water partition coefficient (Wildman–Crippen LogP) is 3.34. The zero-order valence-corrected chi connectivity index (χ0v) is 16.7. The molecule has 2 fully saturated rings. The number of nitrogens with one attached hydrogen (secondary N) is 1. The van der Waals surface area contributed by atoms with Crippen LogP contribution in [0.25, 0.3) is 6.08 Å². The number of carbonyl (C=O) groups is 2. The number of hydrogen-bond acceptors (Lipinski definition) is 4. The smallest absolute Gasteiger partial charge is 0.408 e. The number of rotatable bonds is 3. The Labute approximate surface area is 165 Å². The Bertz CT molecular complexity index is 786. The first-order chi connectivity index (χ1) is 13.2. The lowest BCUT2D eigenvalue weighted by Gasteiger charge is -2.41. The van der Waals surface area contributed by atoms with Gasteiger partial charge in [0.25, 0.3) is 5.91 Å². The van der Waals surface area contributed by atoms with Gasteiger partial charge in [0.05, 0.1) is 5.54 Å². The molecule has 152 valence electrons. The predicted molar refractivity (Wildman–Crippen MR) is 107 cm³/mol. The number of nitrogens with zero attached hydrogens (tertiary/aromatic N) is 2. The molecule has 0 aliphatic carbocycles. The summed E-state index contributed by atoms with van der Waals surface area (Å²) in [6, 6.07) is 7.72. The van der Waals surface area contributed by atoms with Crippen molar-refractivity contribution >= 4 is 23.8 Å². The molecule has 1 aromatic carbocycles. The van der Waals surface area contributed by atoms with Crippen LogP contribution in [-0.4, -0.2) is 51.9 Å². The highest BCUT2D eigenvalue weighted by atomic mass is 16.5. The minimum atomic E-state index is -0.841. The van der Waals surface area contributed by atoms with Gasteiger partial charge in [-0.2, -0.15) is 0 Å². The number of benzene rings is 1. The van der Waals surface area contributed by atoms with Gasteiger partial charge in [-0.1, -0.05) is 39.0 Å². The van der Waals surface area contributed by atoms with Crippen LogP contribution >= 0.6 is 0 Å². The Morgan fingerprint density at radius 3 is 2.61 bits per heavy atom. The van der Waals surface area contributed by atoms with E-state index in [2.05, 4.69) is 25.7 Å². The quantitative estimate of drug-likeness (QED) is 0.420. The lowest BCUT2D eigenvalue weighted by atomic mass is 9.85. The largest absolute Gasteiger partial charge is 0.465 e. The summed E-state index contributed by atoms with van der Waals surface area (Å²) >= 11 is 0. The van der Waals surface area contributed by atoms with Crippen molar-refractivity contribution in [1.29, 1.82) is 0 Å². The van der Waals surface area contributed by atoms with Gasteiger partial charge in [0.2, 0.25) is 0 Å².